The number of anilines is 1. The maximum absolute atomic E-state index is 13.4. The van der Waals surface area contributed by atoms with Crippen LogP contribution in [0.4, 0.5) is 10.1 Å². The molecule has 0 aliphatic heterocycles. The van der Waals surface area contributed by atoms with E-state index >= 15 is 0 Å². The van der Waals surface area contributed by atoms with E-state index in [1.54, 1.807) is 6.07 Å². The Bertz CT molecular complexity index is 557. The van der Waals surface area contributed by atoms with Crippen LogP contribution in [-0.4, -0.2) is 0 Å². The maximum atomic E-state index is 13.4. The standard InChI is InChI=1S/C14H12Br2FN/c1-9(11-4-2-3-5-12(11)15)18-10-6-7-13(16)14(17)8-10/h2-9,18H,1H3. The molecule has 0 saturated carbocycles. The van der Waals surface area contributed by atoms with E-state index in [0.717, 1.165) is 15.7 Å². The van der Waals surface area contributed by atoms with Crippen LogP contribution in [0.15, 0.2) is 51.4 Å². The van der Waals surface area contributed by atoms with Gasteiger partial charge in [-0.2, -0.15) is 0 Å². The minimum Gasteiger partial charge on any atom is -0.378 e. The molecule has 1 unspecified atom stereocenters. The van der Waals surface area contributed by atoms with Gasteiger partial charge in [0.05, 0.1) is 4.47 Å². The molecule has 1 nitrogen and oxygen atoms in total. The van der Waals surface area contributed by atoms with E-state index in [-0.39, 0.29) is 11.9 Å². The highest BCUT2D eigenvalue weighted by atomic mass is 79.9. The van der Waals surface area contributed by atoms with Gasteiger partial charge in [-0.1, -0.05) is 34.1 Å². The van der Waals surface area contributed by atoms with Crippen molar-refractivity contribution in [2.24, 2.45) is 0 Å². The van der Waals surface area contributed by atoms with Crippen molar-refractivity contribution >= 4 is 37.5 Å². The Balaban J connectivity index is 2.19. The first-order valence-electron chi connectivity index (χ1n) is 5.54. The molecule has 0 fully saturated rings. The molecule has 0 heterocycles. The van der Waals surface area contributed by atoms with Crippen LogP contribution in [0.3, 0.4) is 0 Å². The van der Waals surface area contributed by atoms with E-state index in [2.05, 4.69) is 37.2 Å². The van der Waals surface area contributed by atoms with Crippen molar-refractivity contribution in [3.8, 4) is 0 Å². The van der Waals surface area contributed by atoms with Gasteiger partial charge in [-0.3, -0.25) is 0 Å². The number of hydrogen-bond acceptors (Lipinski definition) is 1. The Kier molecular flexibility index (Phi) is 4.40. The molecule has 2 aromatic carbocycles. The molecular formula is C14H12Br2FN. The van der Waals surface area contributed by atoms with Crippen molar-refractivity contribution in [3.63, 3.8) is 0 Å². The quantitative estimate of drug-likeness (QED) is 0.747. The Morgan fingerprint density at radius 1 is 1.06 bits per heavy atom. The van der Waals surface area contributed by atoms with Gasteiger partial charge in [0.1, 0.15) is 5.82 Å². The van der Waals surface area contributed by atoms with E-state index < -0.39 is 0 Å². The summed E-state index contributed by atoms with van der Waals surface area (Å²) in [7, 11) is 0. The lowest BCUT2D eigenvalue weighted by Crippen LogP contribution is -2.07. The van der Waals surface area contributed by atoms with Gasteiger partial charge in [0.2, 0.25) is 0 Å². The third-order valence-electron chi connectivity index (χ3n) is 2.67. The lowest BCUT2D eigenvalue weighted by Gasteiger charge is -2.17. The molecule has 2 aromatic rings. The highest BCUT2D eigenvalue weighted by molar-refractivity contribution is 9.10. The first-order valence-corrected chi connectivity index (χ1v) is 7.12. The summed E-state index contributed by atoms with van der Waals surface area (Å²) >= 11 is 6.66. The van der Waals surface area contributed by atoms with Crippen LogP contribution in [0.5, 0.6) is 0 Å². The monoisotopic (exact) mass is 371 g/mol. The Morgan fingerprint density at radius 3 is 2.44 bits per heavy atom. The average molecular weight is 373 g/mol. The summed E-state index contributed by atoms with van der Waals surface area (Å²) in [5.41, 5.74) is 1.90. The lowest BCUT2D eigenvalue weighted by molar-refractivity contribution is 0.621. The predicted molar refractivity (Wildman–Crippen MR) is 80.3 cm³/mol. The second kappa shape index (κ2) is 5.85. The average Bonchev–Trinajstić information content (AvgIpc) is 2.34. The highest BCUT2D eigenvalue weighted by Gasteiger charge is 2.09. The summed E-state index contributed by atoms with van der Waals surface area (Å²) in [6.07, 6.45) is 0. The summed E-state index contributed by atoms with van der Waals surface area (Å²) in [6, 6.07) is 13.1. The molecule has 0 aliphatic rings. The van der Waals surface area contributed by atoms with Gasteiger partial charge >= 0.3 is 0 Å². The van der Waals surface area contributed by atoms with E-state index in [0.29, 0.717) is 4.47 Å². The Hall–Kier alpha value is -0.870. The number of halogens is 3. The molecule has 94 valence electrons. The van der Waals surface area contributed by atoms with Gasteiger partial charge in [0.15, 0.2) is 0 Å². The van der Waals surface area contributed by atoms with E-state index in [4.69, 9.17) is 0 Å². The van der Waals surface area contributed by atoms with Crippen molar-refractivity contribution < 1.29 is 4.39 Å². The second-order valence-corrected chi connectivity index (χ2v) is 5.73. The lowest BCUT2D eigenvalue weighted by atomic mass is 10.1. The maximum Gasteiger partial charge on any atom is 0.139 e. The van der Waals surface area contributed by atoms with Gasteiger partial charge in [-0.05, 0) is 52.7 Å². The Morgan fingerprint density at radius 2 is 1.78 bits per heavy atom. The zero-order valence-corrected chi connectivity index (χ0v) is 12.9. The summed E-state index contributed by atoms with van der Waals surface area (Å²) in [5, 5.41) is 3.28. The molecule has 0 spiro atoms. The molecule has 4 heteroatoms. The third-order valence-corrected chi connectivity index (χ3v) is 4.04. The van der Waals surface area contributed by atoms with Gasteiger partial charge < -0.3 is 5.32 Å². The molecule has 0 amide bonds. The first kappa shape index (κ1) is 13.6. The van der Waals surface area contributed by atoms with Crippen LogP contribution < -0.4 is 5.32 Å². The minimum atomic E-state index is -0.265. The van der Waals surface area contributed by atoms with Crippen LogP contribution in [0.25, 0.3) is 0 Å². The molecule has 0 aromatic heterocycles. The van der Waals surface area contributed by atoms with Crippen molar-refractivity contribution in [3.05, 3.63) is 62.8 Å². The van der Waals surface area contributed by atoms with Crippen molar-refractivity contribution in [1.29, 1.82) is 0 Å². The smallest absolute Gasteiger partial charge is 0.139 e. The first-order chi connectivity index (χ1) is 8.58. The van der Waals surface area contributed by atoms with Crippen molar-refractivity contribution in [2.45, 2.75) is 13.0 Å². The number of hydrogen-bond donors (Lipinski definition) is 1. The van der Waals surface area contributed by atoms with Crippen LogP contribution in [0, 0.1) is 5.82 Å². The molecule has 0 radical (unpaired) electrons. The Labute approximate surface area is 123 Å². The van der Waals surface area contributed by atoms with Crippen LogP contribution in [0.1, 0.15) is 18.5 Å². The fraction of sp³-hybridized carbons (Fsp3) is 0.143. The number of rotatable bonds is 3. The minimum absolute atomic E-state index is 0.0983. The zero-order chi connectivity index (χ0) is 13.1. The summed E-state index contributed by atoms with van der Waals surface area (Å²) in [4.78, 5) is 0. The van der Waals surface area contributed by atoms with Crippen LogP contribution >= 0.6 is 31.9 Å². The molecule has 2 rings (SSSR count). The fourth-order valence-corrected chi connectivity index (χ4v) is 2.61. The normalized spacial score (nSPS) is 12.2. The number of nitrogens with one attached hydrogen (secondary N) is 1. The molecule has 0 bridgehead atoms. The van der Waals surface area contributed by atoms with Gasteiger partial charge in [0.25, 0.3) is 0 Å². The largest absolute Gasteiger partial charge is 0.378 e. The summed E-state index contributed by atoms with van der Waals surface area (Å²) in [6.45, 7) is 2.04. The van der Waals surface area contributed by atoms with E-state index in [1.165, 1.54) is 6.07 Å². The zero-order valence-electron chi connectivity index (χ0n) is 9.75. The van der Waals surface area contributed by atoms with Gasteiger partial charge in [-0.25, -0.2) is 4.39 Å². The SMILES string of the molecule is CC(Nc1ccc(Br)c(F)c1)c1ccccc1Br. The van der Waals surface area contributed by atoms with Crippen molar-refractivity contribution in [1.82, 2.24) is 0 Å². The van der Waals surface area contributed by atoms with Gasteiger partial charge in [-0.15, -0.1) is 0 Å². The van der Waals surface area contributed by atoms with E-state index in [9.17, 15) is 4.39 Å². The predicted octanol–water partition coefficient (Wildman–Crippen LogP) is 5.52. The molecule has 1 atom stereocenters. The topological polar surface area (TPSA) is 12.0 Å². The molecule has 1 N–H and O–H groups in total. The van der Waals surface area contributed by atoms with Crippen LogP contribution in [-0.2, 0) is 0 Å². The molecule has 18 heavy (non-hydrogen) atoms. The summed E-state index contributed by atoms with van der Waals surface area (Å²) in [5.74, 6) is -0.265. The fourth-order valence-electron chi connectivity index (χ4n) is 1.74. The summed E-state index contributed by atoms with van der Waals surface area (Å²) < 4.78 is 14.9. The third kappa shape index (κ3) is 3.12. The van der Waals surface area contributed by atoms with Crippen molar-refractivity contribution in [2.75, 3.05) is 5.32 Å². The van der Waals surface area contributed by atoms with Gasteiger partial charge in [0, 0.05) is 16.2 Å². The second-order valence-electron chi connectivity index (χ2n) is 4.02. The number of benzene rings is 2. The molecular weight excluding hydrogens is 361 g/mol. The molecule has 0 saturated heterocycles. The highest BCUT2D eigenvalue weighted by Crippen LogP contribution is 2.27. The van der Waals surface area contributed by atoms with Crippen LogP contribution in [0.2, 0.25) is 0 Å². The molecule has 0 aliphatic carbocycles. The van der Waals surface area contributed by atoms with E-state index in [1.807, 2.05) is 37.3 Å².